The molecule has 0 aromatic heterocycles. The molecule has 0 bridgehead atoms. The van der Waals surface area contributed by atoms with Gasteiger partial charge in [-0.25, -0.2) is 0 Å². The molecule has 3 rings (SSSR count). The van der Waals surface area contributed by atoms with Crippen molar-refractivity contribution in [3.05, 3.63) is 65.7 Å². The second-order valence-electron chi connectivity index (χ2n) is 5.18. The van der Waals surface area contributed by atoms with Crippen LogP contribution in [0.25, 0.3) is 0 Å². The van der Waals surface area contributed by atoms with Gasteiger partial charge in [-0.15, -0.1) is 0 Å². The standard InChI is InChI=1S/C17H19N/c1-13-12-16-10-6-7-11-17(16)18(13)14(2)15-8-4-3-5-9-15/h3-11,13-14H,12H2,1-2H3. The molecule has 0 radical (unpaired) electrons. The zero-order valence-electron chi connectivity index (χ0n) is 11.0. The van der Waals surface area contributed by atoms with Crippen LogP contribution in [0, 0.1) is 0 Å². The molecule has 2 aromatic rings. The van der Waals surface area contributed by atoms with E-state index in [4.69, 9.17) is 0 Å². The van der Waals surface area contributed by atoms with Crippen molar-refractivity contribution in [3.8, 4) is 0 Å². The highest BCUT2D eigenvalue weighted by Gasteiger charge is 2.29. The molecule has 2 atom stereocenters. The normalized spacial score (nSPS) is 19.7. The molecule has 92 valence electrons. The van der Waals surface area contributed by atoms with E-state index in [0.717, 1.165) is 6.42 Å². The van der Waals surface area contributed by atoms with Crippen LogP contribution in [0.15, 0.2) is 54.6 Å². The predicted molar refractivity (Wildman–Crippen MR) is 76.9 cm³/mol. The third kappa shape index (κ3) is 1.80. The number of fused-ring (bicyclic) bond motifs is 1. The molecule has 2 unspecified atom stereocenters. The van der Waals surface area contributed by atoms with Crippen molar-refractivity contribution in [1.29, 1.82) is 0 Å². The Balaban J connectivity index is 1.97. The quantitative estimate of drug-likeness (QED) is 0.756. The van der Waals surface area contributed by atoms with E-state index in [9.17, 15) is 0 Å². The second kappa shape index (κ2) is 4.49. The minimum absolute atomic E-state index is 0.435. The van der Waals surface area contributed by atoms with E-state index in [2.05, 4.69) is 73.3 Å². The van der Waals surface area contributed by atoms with E-state index in [-0.39, 0.29) is 0 Å². The first kappa shape index (κ1) is 11.3. The highest BCUT2D eigenvalue weighted by molar-refractivity contribution is 5.60. The molecule has 0 spiro atoms. The lowest BCUT2D eigenvalue weighted by Gasteiger charge is -2.32. The fourth-order valence-corrected chi connectivity index (χ4v) is 3.07. The zero-order chi connectivity index (χ0) is 12.5. The van der Waals surface area contributed by atoms with Gasteiger partial charge in [-0.2, -0.15) is 0 Å². The van der Waals surface area contributed by atoms with E-state index >= 15 is 0 Å². The molecule has 0 fully saturated rings. The highest BCUT2D eigenvalue weighted by Crippen LogP contribution is 2.38. The van der Waals surface area contributed by atoms with Crippen LogP contribution in [0.1, 0.15) is 31.0 Å². The van der Waals surface area contributed by atoms with E-state index in [0.29, 0.717) is 12.1 Å². The Morgan fingerprint density at radius 3 is 2.44 bits per heavy atom. The molecule has 0 saturated carbocycles. The first-order chi connectivity index (χ1) is 8.77. The van der Waals surface area contributed by atoms with Crippen LogP contribution < -0.4 is 4.90 Å². The molecule has 2 aromatic carbocycles. The van der Waals surface area contributed by atoms with Gasteiger partial charge in [-0.1, -0.05) is 48.5 Å². The Labute approximate surface area is 109 Å². The number of anilines is 1. The number of nitrogens with zero attached hydrogens (tertiary/aromatic N) is 1. The van der Waals surface area contributed by atoms with E-state index in [1.807, 2.05) is 0 Å². The Morgan fingerprint density at radius 2 is 1.67 bits per heavy atom. The summed E-state index contributed by atoms with van der Waals surface area (Å²) in [4.78, 5) is 2.55. The van der Waals surface area contributed by atoms with Crippen molar-refractivity contribution >= 4 is 5.69 Å². The topological polar surface area (TPSA) is 3.24 Å². The van der Waals surface area contributed by atoms with Gasteiger partial charge in [0.25, 0.3) is 0 Å². The molecule has 18 heavy (non-hydrogen) atoms. The Morgan fingerprint density at radius 1 is 1.00 bits per heavy atom. The Bertz CT molecular complexity index is 532. The molecule has 1 aliphatic heterocycles. The maximum Gasteiger partial charge on any atom is 0.0517 e. The summed E-state index contributed by atoms with van der Waals surface area (Å²) in [6, 6.07) is 20.6. The summed E-state index contributed by atoms with van der Waals surface area (Å²) < 4.78 is 0. The summed E-state index contributed by atoms with van der Waals surface area (Å²) in [5, 5.41) is 0. The van der Waals surface area contributed by atoms with Crippen molar-refractivity contribution in [3.63, 3.8) is 0 Å². The van der Waals surface area contributed by atoms with Gasteiger partial charge in [0.15, 0.2) is 0 Å². The van der Waals surface area contributed by atoms with Gasteiger partial charge in [0.2, 0.25) is 0 Å². The van der Waals surface area contributed by atoms with E-state index in [1.54, 1.807) is 0 Å². The van der Waals surface area contributed by atoms with Crippen LogP contribution in [-0.2, 0) is 6.42 Å². The van der Waals surface area contributed by atoms with Crippen LogP contribution in [0.2, 0.25) is 0 Å². The first-order valence-electron chi connectivity index (χ1n) is 6.68. The fourth-order valence-electron chi connectivity index (χ4n) is 3.07. The smallest absolute Gasteiger partial charge is 0.0517 e. The Kier molecular flexibility index (Phi) is 2.83. The van der Waals surface area contributed by atoms with Crippen molar-refractivity contribution in [2.24, 2.45) is 0 Å². The average molecular weight is 237 g/mol. The molecule has 0 saturated heterocycles. The molecular weight excluding hydrogens is 218 g/mol. The van der Waals surface area contributed by atoms with Crippen molar-refractivity contribution in [1.82, 2.24) is 0 Å². The van der Waals surface area contributed by atoms with E-state index < -0.39 is 0 Å². The van der Waals surface area contributed by atoms with Crippen LogP contribution in [-0.4, -0.2) is 6.04 Å². The third-order valence-corrected chi connectivity index (χ3v) is 3.96. The van der Waals surface area contributed by atoms with Gasteiger partial charge in [0, 0.05) is 11.7 Å². The lowest BCUT2D eigenvalue weighted by atomic mass is 10.1. The number of benzene rings is 2. The number of hydrogen-bond acceptors (Lipinski definition) is 1. The Hall–Kier alpha value is -1.76. The summed E-state index contributed by atoms with van der Waals surface area (Å²) in [7, 11) is 0. The van der Waals surface area contributed by atoms with Crippen LogP contribution >= 0.6 is 0 Å². The van der Waals surface area contributed by atoms with Gasteiger partial charge in [0.05, 0.1) is 6.04 Å². The van der Waals surface area contributed by atoms with E-state index in [1.165, 1.54) is 16.8 Å². The molecule has 0 N–H and O–H groups in total. The van der Waals surface area contributed by atoms with Crippen molar-refractivity contribution in [2.75, 3.05) is 4.90 Å². The van der Waals surface area contributed by atoms with Crippen LogP contribution in [0.4, 0.5) is 5.69 Å². The maximum atomic E-state index is 2.55. The molecule has 1 heteroatoms. The maximum absolute atomic E-state index is 2.55. The summed E-state index contributed by atoms with van der Waals surface area (Å²) in [6.07, 6.45) is 1.16. The number of rotatable bonds is 2. The minimum atomic E-state index is 0.435. The molecule has 1 aliphatic rings. The van der Waals surface area contributed by atoms with Gasteiger partial charge in [-0.3, -0.25) is 0 Å². The number of hydrogen-bond donors (Lipinski definition) is 0. The molecule has 1 heterocycles. The molecule has 0 amide bonds. The second-order valence-corrected chi connectivity index (χ2v) is 5.18. The lowest BCUT2D eigenvalue weighted by molar-refractivity contribution is 0.595. The molecular formula is C17H19N. The van der Waals surface area contributed by atoms with Crippen molar-refractivity contribution < 1.29 is 0 Å². The average Bonchev–Trinajstić information content (AvgIpc) is 2.75. The molecule has 1 nitrogen and oxygen atoms in total. The molecule has 0 aliphatic carbocycles. The SMILES string of the molecule is CC1Cc2ccccc2N1C(C)c1ccccc1. The predicted octanol–water partition coefficient (Wildman–Crippen LogP) is 4.20. The van der Waals surface area contributed by atoms with Crippen LogP contribution in [0.5, 0.6) is 0 Å². The third-order valence-electron chi connectivity index (χ3n) is 3.96. The van der Waals surface area contributed by atoms with Gasteiger partial charge in [-0.05, 0) is 37.5 Å². The monoisotopic (exact) mass is 237 g/mol. The lowest BCUT2D eigenvalue weighted by Crippen LogP contribution is -2.32. The van der Waals surface area contributed by atoms with Gasteiger partial charge < -0.3 is 4.90 Å². The van der Waals surface area contributed by atoms with Gasteiger partial charge >= 0.3 is 0 Å². The fraction of sp³-hybridized carbons (Fsp3) is 0.294. The highest BCUT2D eigenvalue weighted by atomic mass is 15.2. The largest absolute Gasteiger partial charge is 0.362 e. The summed E-state index contributed by atoms with van der Waals surface area (Å²) in [6.45, 7) is 4.62. The minimum Gasteiger partial charge on any atom is -0.362 e. The van der Waals surface area contributed by atoms with Gasteiger partial charge in [0.1, 0.15) is 0 Å². The van der Waals surface area contributed by atoms with Crippen molar-refractivity contribution in [2.45, 2.75) is 32.4 Å². The summed E-state index contributed by atoms with van der Waals surface area (Å²) in [5.74, 6) is 0. The summed E-state index contributed by atoms with van der Waals surface area (Å²) in [5.41, 5.74) is 4.27. The number of para-hydroxylation sites is 1. The van der Waals surface area contributed by atoms with Crippen LogP contribution in [0.3, 0.4) is 0 Å². The zero-order valence-corrected chi connectivity index (χ0v) is 11.0. The first-order valence-corrected chi connectivity index (χ1v) is 6.68. The summed E-state index contributed by atoms with van der Waals surface area (Å²) >= 11 is 0.